The lowest BCUT2D eigenvalue weighted by Gasteiger charge is -2.20. The minimum Gasteiger partial charge on any atom is -0.374 e. The van der Waals surface area contributed by atoms with Crippen LogP contribution in [0, 0.1) is 11.3 Å². The van der Waals surface area contributed by atoms with E-state index in [1.54, 1.807) is 6.20 Å². The van der Waals surface area contributed by atoms with Crippen molar-refractivity contribution in [1.82, 2.24) is 19.5 Å². The second-order valence-electron chi connectivity index (χ2n) is 4.56. The summed E-state index contributed by atoms with van der Waals surface area (Å²) in [6.45, 7) is 5.02. The molecule has 110 valence electrons. The molecule has 0 aliphatic carbocycles. The summed E-state index contributed by atoms with van der Waals surface area (Å²) in [5, 5.41) is 17.3. The fourth-order valence-corrected chi connectivity index (χ4v) is 2.63. The Balaban J connectivity index is 2.05. The molecule has 0 saturated heterocycles. The van der Waals surface area contributed by atoms with Gasteiger partial charge >= 0.3 is 0 Å². The van der Waals surface area contributed by atoms with Crippen molar-refractivity contribution in [3.05, 3.63) is 35.8 Å². The van der Waals surface area contributed by atoms with Crippen molar-refractivity contribution in [2.24, 2.45) is 0 Å². The van der Waals surface area contributed by atoms with E-state index in [1.165, 1.54) is 11.5 Å². The number of nitrogens with zero attached hydrogens (tertiary/aromatic N) is 5. The van der Waals surface area contributed by atoms with Gasteiger partial charge in [0.2, 0.25) is 0 Å². The van der Waals surface area contributed by atoms with E-state index in [0.29, 0.717) is 19.5 Å². The number of rotatable bonds is 8. The molecule has 7 heteroatoms. The van der Waals surface area contributed by atoms with Crippen molar-refractivity contribution >= 4 is 16.5 Å². The van der Waals surface area contributed by atoms with E-state index in [2.05, 4.69) is 30.9 Å². The molecule has 2 aromatic rings. The Bertz CT molecular complexity index is 577. The lowest BCUT2D eigenvalue weighted by Crippen LogP contribution is -2.24. The Labute approximate surface area is 128 Å². The van der Waals surface area contributed by atoms with Gasteiger partial charge in [-0.2, -0.15) is 5.26 Å². The summed E-state index contributed by atoms with van der Waals surface area (Å²) < 4.78 is 4.01. The van der Waals surface area contributed by atoms with Crippen LogP contribution in [-0.2, 0) is 13.1 Å². The molecule has 2 heterocycles. The minimum absolute atomic E-state index is 0.494. The van der Waals surface area contributed by atoms with Crippen molar-refractivity contribution in [3.63, 3.8) is 0 Å². The fraction of sp³-hybridized carbons (Fsp3) is 0.429. The van der Waals surface area contributed by atoms with E-state index in [4.69, 9.17) is 5.26 Å². The molecule has 0 aliphatic heterocycles. The molecule has 21 heavy (non-hydrogen) atoms. The highest BCUT2D eigenvalue weighted by atomic mass is 32.1. The quantitative estimate of drug-likeness (QED) is 0.806. The van der Waals surface area contributed by atoms with Gasteiger partial charge in [-0.3, -0.25) is 9.88 Å². The van der Waals surface area contributed by atoms with Crippen molar-refractivity contribution in [3.8, 4) is 6.07 Å². The van der Waals surface area contributed by atoms with Crippen LogP contribution in [0.2, 0.25) is 0 Å². The first-order valence-corrected chi connectivity index (χ1v) is 7.64. The number of anilines is 1. The minimum atomic E-state index is 0.494. The molecule has 0 atom stereocenters. The topological polar surface area (TPSA) is 77.7 Å². The van der Waals surface area contributed by atoms with Crippen molar-refractivity contribution in [1.29, 1.82) is 5.26 Å². The normalized spacial score (nSPS) is 10.5. The molecule has 6 nitrogen and oxygen atoms in total. The molecule has 0 saturated carbocycles. The second kappa shape index (κ2) is 8.29. The number of hydrogen-bond donors (Lipinski definition) is 1. The van der Waals surface area contributed by atoms with Gasteiger partial charge in [0.15, 0.2) is 0 Å². The zero-order chi connectivity index (χ0) is 14.9. The third kappa shape index (κ3) is 4.77. The predicted molar refractivity (Wildman–Crippen MR) is 82.7 cm³/mol. The van der Waals surface area contributed by atoms with Gasteiger partial charge in [-0.25, -0.2) is 0 Å². The summed E-state index contributed by atoms with van der Waals surface area (Å²) in [7, 11) is 0. The Morgan fingerprint density at radius 3 is 3.05 bits per heavy atom. The smallest absolute Gasteiger partial charge is 0.134 e. The van der Waals surface area contributed by atoms with Gasteiger partial charge in [-0.15, -0.1) is 5.10 Å². The second-order valence-corrected chi connectivity index (χ2v) is 5.31. The Morgan fingerprint density at radius 1 is 1.43 bits per heavy atom. The zero-order valence-corrected chi connectivity index (χ0v) is 12.8. The Kier molecular flexibility index (Phi) is 6.06. The maximum atomic E-state index is 8.82. The lowest BCUT2D eigenvalue weighted by molar-refractivity contribution is 0.260. The van der Waals surface area contributed by atoms with Crippen LogP contribution >= 0.6 is 11.5 Å². The summed E-state index contributed by atoms with van der Waals surface area (Å²) in [5.74, 6) is 0. The van der Waals surface area contributed by atoms with E-state index in [-0.39, 0.29) is 0 Å². The van der Waals surface area contributed by atoms with Crippen LogP contribution in [0.3, 0.4) is 0 Å². The average Bonchev–Trinajstić information content (AvgIpc) is 2.93. The molecule has 1 N–H and O–H groups in total. The highest BCUT2D eigenvalue weighted by Crippen LogP contribution is 2.20. The van der Waals surface area contributed by atoms with Gasteiger partial charge in [-0.1, -0.05) is 10.6 Å². The van der Waals surface area contributed by atoms with E-state index < -0.39 is 0 Å². The van der Waals surface area contributed by atoms with Crippen molar-refractivity contribution in [2.45, 2.75) is 26.4 Å². The molecule has 2 rings (SSSR count). The van der Waals surface area contributed by atoms with Crippen molar-refractivity contribution in [2.75, 3.05) is 18.4 Å². The summed E-state index contributed by atoms with van der Waals surface area (Å²) in [5.41, 5.74) is 2.06. The molecule has 0 fully saturated rings. The summed E-state index contributed by atoms with van der Waals surface area (Å²) in [6.07, 6.45) is 4.11. The molecule has 0 spiro atoms. The molecular formula is C14H18N6S. The van der Waals surface area contributed by atoms with Gasteiger partial charge < -0.3 is 5.32 Å². The first kappa shape index (κ1) is 15.4. The summed E-state index contributed by atoms with van der Waals surface area (Å²) in [6, 6.07) is 6.16. The Hall–Kier alpha value is -2.04. The Morgan fingerprint density at radius 2 is 2.33 bits per heavy atom. The first-order chi connectivity index (χ1) is 10.3. The third-order valence-electron chi connectivity index (χ3n) is 2.94. The molecular weight excluding hydrogens is 284 g/mol. The number of pyridine rings is 1. The van der Waals surface area contributed by atoms with Crippen LogP contribution < -0.4 is 5.32 Å². The zero-order valence-electron chi connectivity index (χ0n) is 12.0. The first-order valence-electron chi connectivity index (χ1n) is 6.86. The van der Waals surface area contributed by atoms with Gasteiger partial charge in [0.05, 0.1) is 6.07 Å². The monoisotopic (exact) mass is 302 g/mol. The van der Waals surface area contributed by atoms with E-state index in [9.17, 15) is 0 Å². The third-order valence-corrected chi connectivity index (χ3v) is 3.66. The highest BCUT2D eigenvalue weighted by molar-refractivity contribution is 7.10. The number of nitrogens with one attached hydrogen (secondary N) is 1. The molecule has 2 aromatic heterocycles. The van der Waals surface area contributed by atoms with Crippen LogP contribution in [0.5, 0.6) is 0 Å². The van der Waals surface area contributed by atoms with Crippen LogP contribution in [0.15, 0.2) is 24.5 Å². The lowest BCUT2D eigenvalue weighted by atomic mass is 10.2. The van der Waals surface area contributed by atoms with E-state index in [1.807, 2.05) is 25.3 Å². The predicted octanol–water partition coefficient (Wildman–Crippen LogP) is 2.28. The van der Waals surface area contributed by atoms with E-state index in [0.717, 1.165) is 29.3 Å². The molecule has 0 unspecified atom stereocenters. The van der Waals surface area contributed by atoms with Crippen LogP contribution in [0.4, 0.5) is 5.00 Å². The highest BCUT2D eigenvalue weighted by Gasteiger charge is 2.13. The number of nitriles is 1. The summed E-state index contributed by atoms with van der Waals surface area (Å²) in [4.78, 5) is 6.32. The van der Waals surface area contributed by atoms with Crippen LogP contribution in [0.25, 0.3) is 0 Å². The molecule has 0 radical (unpaired) electrons. The van der Waals surface area contributed by atoms with Crippen molar-refractivity contribution < 1.29 is 0 Å². The van der Waals surface area contributed by atoms with Gasteiger partial charge in [0, 0.05) is 56.5 Å². The summed E-state index contributed by atoms with van der Waals surface area (Å²) >= 11 is 1.37. The maximum Gasteiger partial charge on any atom is 0.134 e. The molecule has 0 aromatic carbocycles. The molecule has 0 bridgehead atoms. The standard InChI is InChI=1S/C14H18N6S/c1-2-17-14-13(18-19-21-14)11-20(8-4-6-15)10-12-5-3-7-16-9-12/h3,5,7,9,17H,2,4,8,10-11H2,1H3. The van der Waals surface area contributed by atoms with Crippen LogP contribution in [0.1, 0.15) is 24.6 Å². The van der Waals surface area contributed by atoms with Gasteiger partial charge in [0.1, 0.15) is 10.7 Å². The average molecular weight is 302 g/mol. The SMILES string of the molecule is CCNc1snnc1CN(CCC#N)Cc1cccnc1. The number of hydrogen-bond acceptors (Lipinski definition) is 7. The van der Waals surface area contributed by atoms with Gasteiger partial charge in [-0.05, 0) is 18.6 Å². The van der Waals surface area contributed by atoms with Crippen LogP contribution in [-0.4, -0.2) is 32.6 Å². The largest absolute Gasteiger partial charge is 0.374 e. The van der Waals surface area contributed by atoms with Gasteiger partial charge in [0.25, 0.3) is 0 Å². The van der Waals surface area contributed by atoms with E-state index >= 15 is 0 Å². The molecule has 0 aliphatic rings. The number of aromatic nitrogens is 3. The fourth-order valence-electron chi connectivity index (χ4n) is 1.99. The molecule has 0 amide bonds. The maximum absolute atomic E-state index is 8.82.